The molecular weight excluding hydrogens is 502 g/mol. The van der Waals surface area contributed by atoms with E-state index in [0.717, 1.165) is 22.5 Å². The highest BCUT2D eigenvalue weighted by Crippen LogP contribution is 2.27. The molecule has 2 rings (SSSR count). The van der Waals surface area contributed by atoms with Crippen molar-refractivity contribution in [3.8, 4) is 5.75 Å². The van der Waals surface area contributed by atoms with Gasteiger partial charge in [0.1, 0.15) is 18.3 Å². The van der Waals surface area contributed by atoms with E-state index in [9.17, 15) is 18.0 Å². The zero-order chi connectivity index (χ0) is 27.0. The van der Waals surface area contributed by atoms with Crippen LogP contribution in [0.25, 0.3) is 0 Å². The van der Waals surface area contributed by atoms with Crippen LogP contribution in [0.1, 0.15) is 44.7 Å². The number of rotatable bonds is 12. The maximum absolute atomic E-state index is 13.8. The van der Waals surface area contributed by atoms with Crippen molar-refractivity contribution in [1.29, 1.82) is 0 Å². The second kappa shape index (κ2) is 13.0. The van der Waals surface area contributed by atoms with Gasteiger partial charge >= 0.3 is 0 Å². The van der Waals surface area contributed by atoms with Crippen molar-refractivity contribution < 1.29 is 22.7 Å². The summed E-state index contributed by atoms with van der Waals surface area (Å²) in [6.07, 6.45) is 2.13. The molecule has 2 amide bonds. The normalized spacial score (nSPS) is 13.0. The van der Waals surface area contributed by atoms with Gasteiger partial charge in [-0.1, -0.05) is 43.6 Å². The van der Waals surface area contributed by atoms with Gasteiger partial charge in [0.15, 0.2) is 0 Å². The molecule has 0 bridgehead atoms. The third-order valence-electron chi connectivity index (χ3n) is 5.99. The van der Waals surface area contributed by atoms with Crippen molar-refractivity contribution in [2.75, 3.05) is 24.2 Å². The molecule has 2 aromatic carbocycles. The van der Waals surface area contributed by atoms with Crippen molar-refractivity contribution in [3.63, 3.8) is 0 Å². The molecule has 0 heterocycles. The van der Waals surface area contributed by atoms with E-state index in [1.54, 1.807) is 44.4 Å². The molecule has 0 spiro atoms. The minimum atomic E-state index is -3.84. The molecule has 0 saturated carbocycles. The van der Waals surface area contributed by atoms with E-state index in [2.05, 4.69) is 5.32 Å². The molecule has 0 saturated heterocycles. The van der Waals surface area contributed by atoms with Crippen LogP contribution >= 0.6 is 11.6 Å². The van der Waals surface area contributed by atoms with Crippen LogP contribution in [0.2, 0.25) is 5.02 Å². The maximum Gasteiger partial charge on any atom is 0.244 e. The number of nitrogens with one attached hydrogen (secondary N) is 1. The Morgan fingerprint density at radius 1 is 1.11 bits per heavy atom. The smallest absolute Gasteiger partial charge is 0.244 e. The molecule has 0 aliphatic heterocycles. The topological polar surface area (TPSA) is 96.0 Å². The molecule has 2 aromatic rings. The average Bonchev–Trinajstić information content (AvgIpc) is 2.83. The third-order valence-corrected chi connectivity index (χ3v) is 7.35. The van der Waals surface area contributed by atoms with E-state index in [1.807, 2.05) is 26.8 Å². The highest BCUT2D eigenvalue weighted by atomic mass is 35.5. The maximum atomic E-state index is 13.8. The van der Waals surface area contributed by atoms with Crippen molar-refractivity contribution in [3.05, 3.63) is 58.6 Å². The standard InChI is InChI=1S/C26H36ClN3O5S/c1-7-19(4)28-26(32)23(8-2)29(16-20-10-9-11-22(14-20)35-5)25(31)17-30(36(6,33)34)24-15-21(27)13-12-18(24)3/h9-15,19,23H,7-8,16-17H2,1-6H3,(H,28,32)/t19-,23-/m1/s1. The third kappa shape index (κ3) is 7.86. The molecule has 198 valence electrons. The van der Waals surface area contributed by atoms with Crippen LogP contribution in [0.3, 0.4) is 0 Å². The van der Waals surface area contributed by atoms with Crippen LogP contribution in [-0.4, -0.2) is 57.1 Å². The molecule has 0 aliphatic rings. The molecule has 36 heavy (non-hydrogen) atoms. The van der Waals surface area contributed by atoms with Gasteiger partial charge in [0, 0.05) is 17.6 Å². The number of hydrogen-bond donors (Lipinski definition) is 1. The Morgan fingerprint density at radius 2 is 1.81 bits per heavy atom. The monoisotopic (exact) mass is 537 g/mol. The van der Waals surface area contributed by atoms with E-state index in [1.165, 1.54) is 11.0 Å². The summed E-state index contributed by atoms with van der Waals surface area (Å²) in [6, 6.07) is 11.2. The Morgan fingerprint density at radius 3 is 2.39 bits per heavy atom. The van der Waals surface area contributed by atoms with Crippen molar-refractivity contribution in [1.82, 2.24) is 10.2 Å². The van der Waals surface area contributed by atoms with Crippen LogP contribution in [0, 0.1) is 6.92 Å². The predicted molar refractivity (Wildman–Crippen MR) is 144 cm³/mol. The second-order valence-electron chi connectivity index (χ2n) is 8.82. The van der Waals surface area contributed by atoms with Gasteiger partial charge in [-0.2, -0.15) is 0 Å². The summed E-state index contributed by atoms with van der Waals surface area (Å²) < 4.78 is 31.9. The van der Waals surface area contributed by atoms with Gasteiger partial charge in [-0.3, -0.25) is 13.9 Å². The first-order chi connectivity index (χ1) is 16.9. The molecule has 0 unspecified atom stereocenters. The van der Waals surface area contributed by atoms with Crippen molar-refractivity contribution in [2.24, 2.45) is 0 Å². The summed E-state index contributed by atoms with van der Waals surface area (Å²) in [6.45, 7) is 7.05. The van der Waals surface area contributed by atoms with E-state index in [0.29, 0.717) is 28.4 Å². The highest BCUT2D eigenvalue weighted by Gasteiger charge is 2.32. The molecule has 10 heteroatoms. The lowest BCUT2D eigenvalue weighted by Crippen LogP contribution is -2.53. The Balaban J connectivity index is 2.50. The second-order valence-corrected chi connectivity index (χ2v) is 11.2. The lowest BCUT2D eigenvalue weighted by molar-refractivity contribution is -0.140. The number of aryl methyl sites for hydroxylation is 1. The summed E-state index contributed by atoms with van der Waals surface area (Å²) in [5.41, 5.74) is 1.72. The first kappa shape index (κ1) is 29.5. The molecule has 2 atom stereocenters. The summed E-state index contributed by atoms with van der Waals surface area (Å²) >= 11 is 6.14. The van der Waals surface area contributed by atoms with Crippen molar-refractivity contribution in [2.45, 2.75) is 59.2 Å². The molecule has 0 aromatic heterocycles. The number of halogens is 1. The number of sulfonamides is 1. The zero-order valence-electron chi connectivity index (χ0n) is 21.7. The molecule has 8 nitrogen and oxygen atoms in total. The molecular formula is C26H36ClN3O5S. The predicted octanol–water partition coefficient (Wildman–Crippen LogP) is 4.15. The molecule has 0 radical (unpaired) electrons. The lowest BCUT2D eigenvalue weighted by atomic mass is 10.1. The van der Waals surface area contributed by atoms with Gasteiger partial charge in [-0.15, -0.1) is 0 Å². The number of amides is 2. The minimum Gasteiger partial charge on any atom is -0.497 e. The zero-order valence-corrected chi connectivity index (χ0v) is 23.3. The number of carbonyl (C=O) groups excluding carboxylic acids is 2. The number of carbonyl (C=O) groups is 2. The number of methoxy groups -OCH3 is 1. The van der Waals surface area contributed by atoms with Crippen LogP contribution < -0.4 is 14.4 Å². The Kier molecular flexibility index (Phi) is 10.6. The van der Waals surface area contributed by atoms with Crippen molar-refractivity contribution >= 4 is 39.1 Å². The Hall–Kier alpha value is -2.78. The number of hydrogen-bond acceptors (Lipinski definition) is 5. The van der Waals surface area contributed by atoms with Crippen LogP contribution in [0.5, 0.6) is 5.75 Å². The Labute approximate surface area is 219 Å². The van der Waals surface area contributed by atoms with Crippen LogP contribution in [0.4, 0.5) is 5.69 Å². The summed E-state index contributed by atoms with van der Waals surface area (Å²) in [4.78, 5) is 28.4. The fourth-order valence-corrected chi connectivity index (χ4v) is 4.84. The summed E-state index contributed by atoms with van der Waals surface area (Å²) in [5, 5.41) is 3.30. The SMILES string of the molecule is CC[C@@H](C)NC(=O)[C@@H](CC)N(Cc1cccc(OC)c1)C(=O)CN(c1cc(Cl)ccc1C)S(C)(=O)=O. The van der Waals surface area contributed by atoms with E-state index in [4.69, 9.17) is 16.3 Å². The average molecular weight is 538 g/mol. The fourth-order valence-electron chi connectivity index (χ4n) is 3.77. The highest BCUT2D eigenvalue weighted by molar-refractivity contribution is 7.92. The van der Waals surface area contributed by atoms with Crippen LogP contribution in [0.15, 0.2) is 42.5 Å². The minimum absolute atomic E-state index is 0.0676. The number of anilines is 1. The summed E-state index contributed by atoms with van der Waals surface area (Å²) in [7, 11) is -2.29. The first-order valence-electron chi connectivity index (χ1n) is 11.9. The van der Waals surface area contributed by atoms with Gasteiger partial charge in [0.05, 0.1) is 19.1 Å². The summed E-state index contributed by atoms with van der Waals surface area (Å²) in [5.74, 6) is -0.175. The van der Waals surface area contributed by atoms with Gasteiger partial charge in [0.2, 0.25) is 21.8 Å². The molecule has 1 N–H and O–H groups in total. The number of nitrogens with zero attached hydrogens (tertiary/aromatic N) is 2. The van der Waals surface area contributed by atoms with Gasteiger partial charge in [-0.05, 0) is 62.1 Å². The number of ether oxygens (including phenoxy) is 1. The largest absolute Gasteiger partial charge is 0.497 e. The quantitative estimate of drug-likeness (QED) is 0.439. The molecule has 0 fully saturated rings. The van der Waals surface area contributed by atoms with Gasteiger partial charge in [0.25, 0.3) is 0 Å². The van der Waals surface area contributed by atoms with E-state index < -0.39 is 28.5 Å². The van der Waals surface area contributed by atoms with E-state index in [-0.39, 0.29) is 18.5 Å². The fraction of sp³-hybridized carbons (Fsp3) is 0.462. The lowest BCUT2D eigenvalue weighted by Gasteiger charge is -2.33. The number of benzene rings is 2. The first-order valence-corrected chi connectivity index (χ1v) is 14.1. The van der Waals surface area contributed by atoms with Gasteiger partial charge < -0.3 is 15.0 Å². The Bertz CT molecular complexity index is 1170. The van der Waals surface area contributed by atoms with Crippen LogP contribution in [-0.2, 0) is 26.2 Å². The van der Waals surface area contributed by atoms with E-state index >= 15 is 0 Å². The van der Waals surface area contributed by atoms with Gasteiger partial charge in [-0.25, -0.2) is 8.42 Å². The molecule has 0 aliphatic carbocycles.